The molecule has 1 aliphatic rings. The monoisotopic (exact) mass is 401 g/mol. The van der Waals surface area contributed by atoms with E-state index in [0.717, 1.165) is 35.8 Å². The lowest BCUT2D eigenvalue weighted by molar-refractivity contribution is -0.0672. The average molecular weight is 402 g/mol. The molecule has 7 nitrogen and oxygen atoms in total. The highest BCUT2D eigenvalue weighted by Crippen LogP contribution is 2.27. The summed E-state index contributed by atoms with van der Waals surface area (Å²) in [5.74, 6) is 0. The maximum absolute atomic E-state index is 12.2. The fourth-order valence-electron chi connectivity index (χ4n) is 3.24. The second kappa shape index (κ2) is 9.86. The molecule has 1 aliphatic heterocycles. The molecule has 3 rings (SSSR count). The Bertz CT molecular complexity index is 779. The maximum Gasteiger partial charge on any atom is 0.319 e. The predicted octanol–water partition coefficient (Wildman–Crippen LogP) is 3.17. The number of hydrogen-bond donors (Lipinski definition) is 2. The number of ether oxygens (including phenoxy) is 1. The van der Waals surface area contributed by atoms with Crippen molar-refractivity contribution < 1.29 is 9.53 Å². The van der Waals surface area contributed by atoms with Gasteiger partial charge in [0.05, 0.1) is 12.2 Å². The Balaban J connectivity index is 1.46. The van der Waals surface area contributed by atoms with E-state index in [4.69, 9.17) is 4.74 Å². The van der Waals surface area contributed by atoms with E-state index in [-0.39, 0.29) is 18.2 Å². The van der Waals surface area contributed by atoms with Gasteiger partial charge in [-0.15, -0.1) is 0 Å². The van der Waals surface area contributed by atoms with E-state index in [1.54, 1.807) is 18.5 Å². The van der Waals surface area contributed by atoms with Crippen molar-refractivity contribution in [3.63, 3.8) is 0 Å². The van der Waals surface area contributed by atoms with Gasteiger partial charge in [0.25, 0.3) is 0 Å². The number of urea groups is 1. The van der Waals surface area contributed by atoms with Crippen LogP contribution in [0.25, 0.3) is 0 Å². The number of carbonyl (C=O) groups excluding carboxylic acids is 1. The van der Waals surface area contributed by atoms with Gasteiger partial charge in [0.1, 0.15) is 0 Å². The molecule has 0 saturated carbocycles. The van der Waals surface area contributed by atoms with Crippen molar-refractivity contribution in [1.29, 1.82) is 0 Å². The summed E-state index contributed by atoms with van der Waals surface area (Å²) in [5.41, 5.74) is 1.79. The lowest BCUT2D eigenvalue weighted by Gasteiger charge is -2.35. The Morgan fingerprint density at radius 2 is 1.96 bits per heavy atom. The lowest BCUT2D eigenvalue weighted by Crippen LogP contribution is -2.48. The van der Waals surface area contributed by atoms with Crippen molar-refractivity contribution in [2.75, 3.05) is 31.5 Å². The number of benzene rings is 1. The van der Waals surface area contributed by atoms with Crippen LogP contribution in [0.15, 0.2) is 46.7 Å². The smallest absolute Gasteiger partial charge is 0.319 e. The quantitative estimate of drug-likeness (QED) is 0.724. The summed E-state index contributed by atoms with van der Waals surface area (Å²) >= 11 is 1.49. The maximum atomic E-state index is 12.2. The van der Waals surface area contributed by atoms with Crippen LogP contribution in [0.2, 0.25) is 0 Å². The molecule has 1 saturated heterocycles. The molecule has 2 aromatic rings. The van der Waals surface area contributed by atoms with Gasteiger partial charge in [0, 0.05) is 49.2 Å². The first-order valence-electron chi connectivity index (χ1n) is 9.48. The number of morpholine rings is 1. The van der Waals surface area contributed by atoms with Crippen LogP contribution in [0.1, 0.15) is 19.4 Å². The van der Waals surface area contributed by atoms with Crippen molar-refractivity contribution in [2.24, 2.45) is 0 Å². The standard InChI is InChI=1S/C20H27N5O2S/c1-14-11-17(28-20-22-7-4-8-23-20)5-6-18(14)24-19(26)21-9-10-25-12-15(2)27-16(3)13-25/h4-8,11,15-16H,9-10,12-13H2,1-3H3,(H2,21,24,26). The van der Waals surface area contributed by atoms with E-state index in [1.165, 1.54) is 11.8 Å². The first kappa shape index (κ1) is 20.6. The van der Waals surface area contributed by atoms with Crippen molar-refractivity contribution in [1.82, 2.24) is 20.2 Å². The second-order valence-corrected chi connectivity index (χ2v) is 8.05. The highest BCUT2D eigenvalue weighted by Gasteiger charge is 2.21. The predicted molar refractivity (Wildman–Crippen MR) is 111 cm³/mol. The van der Waals surface area contributed by atoms with Crippen LogP contribution in [-0.4, -0.2) is 59.3 Å². The number of aryl methyl sites for hydroxylation is 1. The van der Waals surface area contributed by atoms with E-state index in [2.05, 4.69) is 39.3 Å². The van der Waals surface area contributed by atoms with Crippen LogP contribution < -0.4 is 10.6 Å². The summed E-state index contributed by atoms with van der Waals surface area (Å²) in [7, 11) is 0. The normalized spacial score (nSPS) is 20.0. The minimum atomic E-state index is -0.191. The van der Waals surface area contributed by atoms with Crippen LogP contribution in [0.3, 0.4) is 0 Å². The molecule has 0 aliphatic carbocycles. The Morgan fingerprint density at radius 1 is 1.25 bits per heavy atom. The van der Waals surface area contributed by atoms with Gasteiger partial charge in [-0.05, 0) is 62.4 Å². The molecule has 8 heteroatoms. The Labute approximate surface area is 170 Å². The Hall–Kier alpha value is -2.16. The minimum Gasteiger partial charge on any atom is -0.373 e. The number of carbonyl (C=O) groups is 1. The molecule has 2 atom stereocenters. The molecule has 0 spiro atoms. The van der Waals surface area contributed by atoms with E-state index in [0.29, 0.717) is 11.7 Å². The highest BCUT2D eigenvalue weighted by molar-refractivity contribution is 7.99. The van der Waals surface area contributed by atoms with Crippen LogP contribution in [-0.2, 0) is 4.74 Å². The van der Waals surface area contributed by atoms with Crippen LogP contribution in [0, 0.1) is 6.92 Å². The minimum absolute atomic E-state index is 0.191. The molecule has 0 bridgehead atoms. The van der Waals surface area contributed by atoms with E-state index in [1.807, 2.05) is 25.1 Å². The Morgan fingerprint density at radius 3 is 2.64 bits per heavy atom. The van der Waals surface area contributed by atoms with Crippen molar-refractivity contribution in [3.8, 4) is 0 Å². The third kappa shape index (κ3) is 6.19. The molecule has 1 aromatic carbocycles. The molecule has 1 aromatic heterocycles. The molecule has 2 heterocycles. The van der Waals surface area contributed by atoms with Gasteiger partial charge in [-0.3, -0.25) is 4.90 Å². The number of amides is 2. The van der Waals surface area contributed by atoms with Gasteiger partial charge >= 0.3 is 6.03 Å². The van der Waals surface area contributed by atoms with Crippen molar-refractivity contribution in [2.45, 2.75) is 43.0 Å². The first-order valence-corrected chi connectivity index (χ1v) is 10.3. The topological polar surface area (TPSA) is 79.4 Å². The number of aromatic nitrogens is 2. The molecule has 28 heavy (non-hydrogen) atoms. The van der Waals surface area contributed by atoms with Gasteiger partial charge < -0.3 is 15.4 Å². The summed E-state index contributed by atoms with van der Waals surface area (Å²) in [5, 5.41) is 6.56. The van der Waals surface area contributed by atoms with Crippen LogP contribution in [0.4, 0.5) is 10.5 Å². The SMILES string of the molecule is Cc1cc(Sc2ncccn2)ccc1NC(=O)NCCN1CC(C)OC(C)C1. The molecule has 2 unspecified atom stereocenters. The second-order valence-electron chi connectivity index (χ2n) is 7.01. The third-order valence-electron chi connectivity index (χ3n) is 4.41. The van der Waals surface area contributed by atoms with Gasteiger partial charge in [0.15, 0.2) is 5.16 Å². The largest absolute Gasteiger partial charge is 0.373 e. The summed E-state index contributed by atoms with van der Waals surface area (Å²) in [6, 6.07) is 7.49. The lowest BCUT2D eigenvalue weighted by atomic mass is 10.2. The molecule has 2 amide bonds. The third-order valence-corrected chi connectivity index (χ3v) is 5.29. The Kier molecular flexibility index (Phi) is 7.24. The van der Waals surface area contributed by atoms with E-state index >= 15 is 0 Å². The zero-order valence-corrected chi connectivity index (χ0v) is 17.3. The molecule has 150 valence electrons. The van der Waals surface area contributed by atoms with Gasteiger partial charge in [-0.2, -0.15) is 0 Å². The summed E-state index contributed by atoms with van der Waals surface area (Å²) in [4.78, 5) is 24.0. The first-order chi connectivity index (χ1) is 13.5. The summed E-state index contributed by atoms with van der Waals surface area (Å²) in [6.45, 7) is 9.35. The van der Waals surface area contributed by atoms with Crippen LogP contribution >= 0.6 is 11.8 Å². The zero-order chi connectivity index (χ0) is 19.9. The summed E-state index contributed by atoms with van der Waals surface area (Å²) in [6.07, 6.45) is 3.91. The van der Waals surface area contributed by atoms with Gasteiger partial charge in [0.2, 0.25) is 0 Å². The molecular weight excluding hydrogens is 374 g/mol. The van der Waals surface area contributed by atoms with Gasteiger partial charge in [-0.25, -0.2) is 14.8 Å². The fourth-order valence-corrected chi connectivity index (χ4v) is 4.05. The zero-order valence-electron chi connectivity index (χ0n) is 16.5. The molecule has 0 radical (unpaired) electrons. The number of anilines is 1. The van der Waals surface area contributed by atoms with E-state index < -0.39 is 0 Å². The highest BCUT2D eigenvalue weighted by atomic mass is 32.2. The number of nitrogens with one attached hydrogen (secondary N) is 2. The van der Waals surface area contributed by atoms with Gasteiger partial charge in [-0.1, -0.05) is 0 Å². The van der Waals surface area contributed by atoms with Crippen LogP contribution in [0.5, 0.6) is 0 Å². The number of nitrogens with zero attached hydrogens (tertiary/aromatic N) is 3. The van der Waals surface area contributed by atoms with E-state index in [9.17, 15) is 4.79 Å². The molecule has 2 N–H and O–H groups in total. The number of rotatable bonds is 6. The molecular formula is C20H27N5O2S. The number of hydrogen-bond acceptors (Lipinski definition) is 6. The fraction of sp³-hybridized carbons (Fsp3) is 0.450. The molecule has 1 fully saturated rings. The summed E-state index contributed by atoms with van der Waals surface area (Å²) < 4.78 is 5.73. The van der Waals surface area contributed by atoms with Crippen molar-refractivity contribution >= 4 is 23.5 Å². The van der Waals surface area contributed by atoms with Crippen molar-refractivity contribution in [3.05, 3.63) is 42.2 Å². The average Bonchev–Trinajstić information content (AvgIpc) is 2.64.